The minimum Gasteiger partial charge on any atom is -0.481 e. The summed E-state index contributed by atoms with van der Waals surface area (Å²) in [5.74, 6) is -1.06. The molecule has 1 fully saturated rings. The number of aromatic nitrogens is 3. The predicted molar refractivity (Wildman–Crippen MR) is 161 cm³/mol. The first-order chi connectivity index (χ1) is 20.7. The summed E-state index contributed by atoms with van der Waals surface area (Å²) in [5, 5.41) is 20.2. The van der Waals surface area contributed by atoms with Crippen LogP contribution in [-0.2, 0) is 18.3 Å². The Kier molecular flexibility index (Phi) is 9.38. The molecule has 0 bridgehead atoms. The van der Waals surface area contributed by atoms with Crippen LogP contribution < -0.4 is 20.9 Å². The molecule has 1 aliphatic heterocycles. The third kappa shape index (κ3) is 6.41. The minimum atomic E-state index is -0.667. The van der Waals surface area contributed by atoms with Crippen molar-refractivity contribution in [3.8, 4) is 28.3 Å². The van der Waals surface area contributed by atoms with Gasteiger partial charge in [0.1, 0.15) is 17.1 Å². The average Bonchev–Trinajstić information content (AvgIpc) is 3.00. The highest BCUT2D eigenvalue weighted by molar-refractivity contribution is 6.39. The van der Waals surface area contributed by atoms with E-state index >= 15 is 4.39 Å². The zero-order valence-corrected chi connectivity index (χ0v) is 24.7. The normalized spacial score (nSPS) is 16.6. The van der Waals surface area contributed by atoms with Gasteiger partial charge in [-0.2, -0.15) is 5.10 Å². The highest BCUT2D eigenvalue weighted by atomic mass is 35.5. The number of ether oxygens (including phenoxy) is 2. The van der Waals surface area contributed by atoms with Gasteiger partial charge in [-0.15, -0.1) is 0 Å². The van der Waals surface area contributed by atoms with E-state index in [0.29, 0.717) is 35.3 Å². The molecule has 43 heavy (non-hydrogen) atoms. The first-order valence-corrected chi connectivity index (χ1v) is 14.1. The quantitative estimate of drug-likeness (QED) is 0.261. The molecule has 10 nitrogen and oxygen atoms in total. The first kappa shape index (κ1) is 30.6. The molecule has 3 heterocycles. The third-order valence-corrected chi connectivity index (χ3v) is 7.94. The van der Waals surface area contributed by atoms with Crippen molar-refractivity contribution in [3.05, 3.63) is 92.1 Å². The van der Waals surface area contributed by atoms with Crippen LogP contribution in [-0.4, -0.2) is 58.2 Å². The van der Waals surface area contributed by atoms with Crippen LogP contribution in [0.5, 0.6) is 5.88 Å². The van der Waals surface area contributed by atoms with E-state index in [-0.39, 0.29) is 52.1 Å². The van der Waals surface area contributed by atoms with E-state index < -0.39 is 23.4 Å². The molecule has 1 amide bonds. The Morgan fingerprint density at radius 3 is 2.63 bits per heavy atom. The number of carbonyl (C=O) groups is 1. The number of aliphatic hydroxyl groups excluding tert-OH is 1. The Bertz CT molecular complexity index is 1730. The number of pyridine rings is 1. The molecular weight excluding hydrogens is 600 g/mol. The molecule has 1 saturated heterocycles. The van der Waals surface area contributed by atoms with E-state index in [1.165, 1.54) is 32.5 Å². The third-order valence-electron chi connectivity index (χ3n) is 7.13. The molecule has 5 rings (SSSR count). The summed E-state index contributed by atoms with van der Waals surface area (Å²) in [4.78, 5) is 29.6. The summed E-state index contributed by atoms with van der Waals surface area (Å²) in [7, 11) is 2.88. The molecule has 3 N–H and O–H groups in total. The van der Waals surface area contributed by atoms with Crippen molar-refractivity contribution < 1.29 is 23.8 Å². The number of nitrogens with one attached hydrogen (secondary N) is 2. The van der Waals surface area contributed by atoms with Gasteiger partial charge < -0.3 is 25.2 Å². The Morgan fingerprint density at radius 1 is 1.16 bits per heavy atom. The van der Waals surface area contributed by atoms with Crippen LogP contribution in [0.1, 0.15) is 22.3 Å². The molecule has 0 radical (unpaired) electrons. The zero-order chi connectivity index (χ0) is 30.7. The number of halogens is 3. The van der Waals surface area contributed by atoms with E-state index in [0.717, 1.165) is 4.68 Å². The fraction of sp³-hybridized carbons (Fsp3) is 0.267. The van der Waals surface area contributed by atoms with Crippen molar-refractivity contribution in [2.24, 2.45) is 7.05 Å². The lowest BCUT2D eigenvalue weighted by Gasteiger charge is -2.28. The van der Waals surface area contributed by atoms with E-state index in [2.05, 4.69) is 20.7 Å². The van der Waals surface area contributed by atoms with E-state index in [1.54, 1.807) is 36.4 Å². The van der Waals surface area contributed by atoms with Crippen LogP contribution in [0, 0.1) is 5.82 Å². The molecule has 2 aromatic carbocycles. The number of hydrogen-bond acceptors (Lipinski definition) is 8. The van der Waals surface area contributed by atoms with E-state index in [4.69, 9.17) is 32.7 Å². The number of anilines is 1. The van der Waals surface area contributed by atoms with Gasteiger partial charge in [-0.1, -0.05) is 53.5 Å². The lowest BCUT2D eigenvalue weighted by atomic mass is 9.99. The lowest BCUT2D eigenvalue weighted by Crippen LogP contribution is -2.46. The lowest BCUT2D eigenvalue weighted by molar-refractivity contribution is -0.0281. The van der Waals surface area contributed by atoms with Crippen molar-refractivity contribution in [1.82, 2.24) is 20.1 Å². The molecule has 1 aliphatic rings. The molecule has 0 saturated carbocycles. The van der Waals surface area contributed by atoms with Crippen molar-refractivity contribution in [3.63, 3.8) is 0 Å². The Hall–Kier alpha value is -3.87. The number of nitrogens with zero attached hydrogens (tertiary/aromatic N) is 3. The summed E-state index contributed by atoms with van der Waals surface area (Å²) in [5.41, 5.74) is 1.30. The molecule has 0 spiro atoms. The molecule has 13 heteroatoms. The largest absolute Gasteiger partial charge is 0.481 e. The van der Waals surface area contributed by atoms with Gasteiger partial charge in [-0.25, -0.2) is 14.1 Å². The van der Waals surface area contributed by atoms with Crippen LogP contribution in [0.15, 0.2) is 59.5 Å². The van der Waals surface area contributed by atoms with Crippen LogP contribution in [0.25, 0.3) is 22.4 Å². The smallest absolute Gasteiger partial charge is 0.279 e. The maximum Gasteiger partial charge on any atom is 0.279 e. The predicted octanol–water partition coefficient (Wildman–Crippen LogP) is 4.46. The molecule has 224 valence electrons. The summed E-state index contributed by atoms with van der Waals surface area (Å²) in [6.07, 6.45) is 1.30. The van der Waals surface area contributed by atoms with Gasteiger partial charge in [0, 0.05) is 54.7 Å². The van der Waals surface area contributed by atoms with Gasteiger partial charge in [0.05, 0.1) is 35.6 Å². The molecular formula is C30H28Cl2FN5O5. The monoisotopic (exact) mass is 627 g/mol. The highest BCUT2D eigenvalue weighted by Crippen LogP contribution is 2.42. The number of aliphatic hydroxyl groups is 1. The van der Waals surface area contributed by atoms with Crippen molar-refractivity contribution in [2.45, 2.75) is 25.1 Å². The number of amides is 1. The first-order valence-electron chi connectivity index (χ1n) is 13.3. The van der Waals surface area contributed by atoms with Crippen LogP contribution in [0.3, 0.4) is 0 Å². The maximum atomic E-state index is 15.5. The Morgan fingerprint density at radius 2 is 1.88 bits per heavy atom. The number of aryl methyl sites for hydroxylation is 1. The number of carbonyl (C=O) groups excluding carboxylic acids is 1. The van der Waals surface area contributed by atoms with Gasteiger partial charge in [0.25, 0.3) is 11.5 Å². The Balaban J connectivity index is 1.45. The number of rotatable bonds is 8. The summed E-state index contributed by atoms with van der Waals surface area (Å²) in [6.45, 7) is 0.984. The fourth-order valence-electron chi connectivity index (χ4n) is 4.83. The Labute approximate surface area is 256 Å². The van der Waals surface area contributed by atoms with Crippen LogP contribution >= 0.6 is 23.2 Å². The minimum absolute atomic E-state index is 0.0207. The molecule has 2 atom stereocenters. The molecule has 2 aromatic heterocycles. The van der Waals surface area contributed by atoms with Crippen molar-refractivity contribution >= 4 is 34.8 Å². The second-order valence-corrected chi connectivity index (χ2v) is 10.6. The van der Waals surface area contributed by atoms with Gasteiger partial charge >= 0.3 is 0 Å². The second-order valence-electron chi connectivity index (χ2n) is 9.87. The van der Waals surface area contributed by atoms with Gasteiger partial charge in [-0.3, -0.25) is 9.59 Å². The standard InChI is InChI=1S/C30H28Cl2FN5O5/c1-38-30(41)20(9-11-35-38)28(40)36-23-8-4-6-18(26(23)32)17-5-3-7-19(25(17)31)27-21(33)13-16(29(37-27)42-2)14-34-22-10-12-43-15-24(22)39/h3-9,11,13,22,24,34,39H,10,12,14-15H2,1-2H3,(H,36,40)/t22-,24+/m1/s1. The molecule has 4 aromatic rings. The maximum absolute atomic E-state index is 15.5. The van der Waals surface area contributed by atoms with Gasteiger partial charge in [0.15, 0.2) is 0 Å². The van der Waals surface area contributed by atoms with Crippen molar-refractivity contribution in [2.75, 3.05) is 25.6 Å². The van der Waals surface area contributed by atoms with Crippen molar-refractivity contribution in [1.29, 1.82) is 0 Å². The number of benzene rings is 2. The van der Waals surface area contributed by atoms with Crippen LogP contribution in [0.4, 0.5) is 10.1 Å². The summed E-state index contributed by atoms with van der Waals surface area (Å²) in [6, 6.07) is 12.4. The average molecular weight is 628 g/mol. The van der Waals surface area contributed by atoms with Gasteiger partial charge in [-0.05, 0) is 24.6 Å². The number of methoxy groups -OCH3 is 1. The van der Waals surface area contributed by atoms with Gasteiger partial charge in [0.2, 0.25) is 5.88 Å². The van der Waals surface area contributed by atoms with E-state index in [9.17, 15) is 14.7 Å². The SMILES string of the molecule is COc1nc(-c2cccc(-c3cccc(NC(=O)c4ccnn(C)c4=O)c3Cl)c2Cl)c(F)cc1CN[C@@H]1CCOC[C@@H]1O. The second kappa shape index (κ2) is 13.2. The number of hydrogen-bond donors (Lipinski definition) is 3. The molecule has 0 aliphatic carbocycles. The summed E-state index contributed by atoms with van der Waals surface area (Å²) >= 11 is 13.5. The summed E-state index contributed by atoms with van der Waals surface area (Å²) < 4.78 is 27.3. The topological polar surface area (TPSA) is 128 Å². The fourth-order valence-corrected chi connectivity index (χ4v) is 5.42. The highest BCUT2D eigenvalue weighted by Gasteiger charge is 2.25. The van der Waals surface area contributed by atoms with E-state index in [1.807, 2.05) is 0 Å². The zero-order valence-electron chi connectivity index (χ0n) is 23.2. The molecule has 0 unspecified atom stereocenters. The van der Waals surface area contributed by atoms with Crippen LogP contribution in [0.2, 0.25) is 10.0 Å².